The van der Waals surface area contributed by atoms with Crippen LogP contribution in [0.1, 0.15) is 28.9 Å². The van der Waals surface area contributed by atoms with Gasteiger partial charge in [0.05, 0.1) is 30.7 Å². The van der Waals surface area contributed by atoms with Gasteiger partial charge in [0.25, 0.3) is 5.91 Å². The maximum Gasteiger partial charge on any atom is 0.257 e. The number of aryl methyl sites for hydroxylation is 1. The van der Waals surface area contributed by atoms with E-state index in [1.54, 1.807) is 17.1 Å². The predicted octanol–water partition coefficient (Wildman–Crippen LogP) is 0.511. The number of fused-ring (bicyclic) bond motifs is 1. The number of carbonyl (C=O) groups excluding carboxylic acids is 2. The molecule has 1 fully saturated rings. The van der Waals surface area contributed by atoms with E-state index in [1.165, 1.54) is 6.08 Å². The lowest BCUT2D eigenvalue weighted by Gasteiger charge is -2.34. The molecule has 29 heavy (non-hydrogen) atoms. The fourth-order valence-electron chi connectivity index (χ4n) is 3.65. The van der Waals surface area contributed by atoms with Gasteiger partial charge in [-0.05, 0) is 25.5 Å². The third-order valence-corrected chi connectivity index (χ3v) is 5.11. The maximum atomic E-state index is 12.3. The van der Waals surface area contributed by atoms with E-state index in [1.807, 2.05) is 11.9 Å². The molecule has 1 amide bonds. The second kappa shape index (κ2) is 8.00. The summed E-state index contributed by atoms with van der Waals surface area (Å²) in [5.74, 6) is 0.519. The molecule has 4 heterocycles. The highest BCUT2D eigenvalue weighted by molar-refractivity contribution is 6.03. The number of carbonyl (C=O) groups is 2. The highest BCUT2D eigenvalue weighted by Crippen LogP contribution is 2.28. The third kappa shape index (κ3) is 3.97. The normalized spacial score (nSPS) is 18.1. The number of rotatable bonds is 7. The molecule has 2 aliphatic heterocycles. The van der Waals surface area contributed by atoms with Crippen molar-refractivity contribution in [3.63, 3.8) is 0 Å². The number of hydrogen-bond donors (Lipinski definition) is 3. The molecule has 0 radical (unpaired) electrons. The smallest absolute Gasteiger partial charge is 0.257 e. The number of hydrogen-bond acceptors (Lipinski definition) is 8. The van der Waals surface area contributed by atoms with Crippen molar-refractivity contribution in [1.82, 2.24) is 30.4 Å². The van der Waals surface area contributed by atoms with Gasteiger partial charge in [-0.1, -0.05) is 6.58 Å². The van der Waals surface area contributed by atoms with Crippen LogP contribution in [-0.2, 0) is 18.4 Å². The van der Waals surface area contributed by atoms with E-state index in [0.29, 0.717) is 35.3 Å². The van der Waals surface area contributed by atoms with Crippen LogP contribution in [-0.4, -0.2) is 57.1 Å². The number of nitrogens with zero attached hydrogens (tertiary/aromatic N) is 5. The average Bonchev–Trinajstić information content (AvgIpc) is 3.31. The first-order valence-corrected chi connectivity index (χ1v) is 9.62. The Bertz CT molecular complexity index is 948. The fraction of sp³-hybridized carbons (Fsp3) is 0.421. The Balaban J connectivity index is 1.74. The molecule has 1 unspecified atom stereocenters. The molecule has 0 aromatic carbocycles. The first-order valence-electron chi connectivity index (χ1n) is 9.62. The second-order valence-electron chi connectivity index (χ2n) is 7.20. The van der Waals surface area contributed by atoms with E-state index in [2.05, 4.69) is 37.6 Å². The molecule has 4 rings (SSSR count). The minimum absolute atomic E-state index is 0.0852. The molecular weight excluding hydrogens is 372 g/mol. The van der Waals surface area contributed by atoms with E-state index in [0.717, 1.165) is 25.9 Å². The van der Waals surface area contributed by atoms with Crippen LogP contribution in [0.5, 0.6) is 0 Å². The van der Waals surface area contributed by atoms with Gasteiger partial charge in [-0.25, -0.2) is 4.98 Å². The zero-order valence-corrected chi connectivity index (χ0v) is 16.3. The molecule has 0 bridgehead atoms. The molecule has 152 valence electrons. The van der Waals surface area contributed by atoms with Crippen molar-refractivity contribution in [2.45, 2.75) is 25.4 Å². The number of anilines is 3. The summed E-state index contributed by atoms with van der Waals surface area (Å²) in [5.41, 5.74) is 1.76. The van der Waals surface area contributed by atoms with Gasteiger partial charge >= 0.3 is 0 Å². The van der Waals surface area contributed by atoms with Crippen molar-refractivity contribution < 1.29 is 9.59 Å². The van der Waals surface area contributed by atoms with Crippen LogP contribution in [0.25, 0.3) is 0 Å². The summed E-state index contributed by atoms with van der Waals surface area (Å²) < 4.78 is 1.66. The SMILES string of the molecule is C=CC(=O)CN(c1nc2c(c(Nc3cnn(C)c3)n1)C(=O)NC2)C1CCCNC1. The highest BCUT2D eigenvalue weighted by Gasteiger charge is 2.31. The molecule has 0 saturated carbocycles. The summed E-state index contributed by atoms with van der Waals surface area (Å²) in [6.07, 6.45) is 6.71. The molecule has 2 aliphatic rings. The summed E-state index contributed by atoms with van der Waals surface area (Å²) in [6, 6.07) is 0.0852. The number of nitrogens with one attached hydrogen (secondary N) is 3. The van der Waals surface area contributed by atoms with Crippen LogP contribution in [0.2, 0.25) is 0 Å². The van der Waals surface area contributed by atoms with Gasteiger partial charge in [-0.2, -0.15) is 10.1 Å². The van der Waals surface area contributed by atoms with E-state index in [-0.39, 0.29) is 24.3 Å². The lowest BCUT2D eigenvalue weighted by atomic mass is 10.1. The lowest BCUT2D eigenvalue weighted by Crippen LogP contribution is -2.48. The Morgan fingerprint density at radius 3 is 3.03 bits per heavy atom. The topological polar surface area (TPSA) is 117 Å². The van der Waals surface area contributed by atoms with Gasteiger partial charge in [0, 0.05) is 25.8 Å². The molecule has 10 heteroatoms. The van der Waals surface area contributed by atoms with Crippen LogP contribution in [0.4, 0.5) is 17.5 Å². The summed E-state index contributed by atoms with van der Waals surface area (Å²) in [5, 5.41) is 13.5. The van der Waals surface area contributed by atoms with Crippen LogP contribution in [0.15, 0.2) is 25.0 Å². The standard InChI is InChI=1S/C19H24N8O2/c1-3-14(28)11-27(13-5-4-6-20-8-13)19-24-15-9-21-18(29)16(15)17(25-19)23-12-7-22-26(2)10-12/h3,7,10,13,20H,1,4-6,8-9,11H2,2H3,(H,21,29)(H,23,24,25). The predicted molar refractivity (Wildman–Crippen MR) is 108 cm³/mol. The fourth-order valence-corrected chi connectivity index (χ4v) is 3.65. The minimum Gasteiger partial charge on any atom is -0.346 e. The summed E-state index contributed by atoms with van der Waals surface area (Å²) in [7, 11) is 1.81. The van der Waals surface area contributed by atoms with E-state index < -0.39 is 0 Å². The summed E-state index contributed by atoms with van der Waals surface area (Å²) in [6.45, 7) is 5.76. The second-order valence-corrected chi connectivity index (χ2v) is 7.20. The average molecular weight is 396 g/mol. The van der Waals surface area contributed by atoms with Crippen LogP contribution in [0.3, 0.4) is 0 Å². The van der Waals surface area contributed by atoms with Crippen molar-refractivity contribution in [3.05, 3.63) is 36.3 Å². The van der Waals surface area contributed by atoms with Crippen molar-refractivity contribution in [2.75, 3.05) is 29.9 Å². The molecule has 10 nitrogen and oxygen atoms in total. The number of piperidine rings is 1. The molecule has 0 spiro atoms. The maximum absolute atomic E-state index is 12.3. The van der Waals surface area contributed by atoms with Gasteiger partial charge in [-0.3, -0.25) is 14.3 Å². The van der Waals surface area contributed by atoms with Gasteiger partial charge in [0.2, 0.25) is 5.95 Å². The third-order valence-electron chi connectivity index (χ3n) is 5.11. The Hall–Kier alpha value is -3.27. The van der Waals surface area contributed by atoms with Crippen LogP contribution in [0, 0.1) is 0 Å². The molecule has 0 aliphatic carbocycles. The Kier molecular flexibility index (Phi) is 5.26. The Morgan fingerprint density at radius 2 is 2.34 bits per heavy atom. The molecule has 1 atom stereocenters. The van der Waals surface area contributed by atoms with Crippen molar-refractivity contribution >= 4 is 29.1 Å². The lowest BCUT2D eigenvalue weighted by molar-refractivity contribution is -0.113. The van der Waals surface area contributed by atoms with Crippen molar-refractivity contribution in [1.29, 1.82) is 0 Å². The number of aromatic nitrogens is 4. The number of amides is 1. The van der Waals surface area contributed by atoms with E-state index in [4.69, 9.17) is 0 Å². The van der Waals surface area contributed by atoms with Crippen molar-refractivity contribution in [3.8, 4) is 0 Å². The van der Waals surface area contributed by atoms with Gasteiger partial charge < -0.3 is 20.9 Å². The molecule has 2 aromatic heterocycles. The Labute approximate surface area is 168 Å². The highest BCUT2D eigenvalue weighted by atomic mass is 16.2. The van der Waals surface area contributed by atoms with Crippen LogP contribution >= 0.6 is 0 Å². The quantitative estimate of drug-likeness (QED) is 0.580. The van der Waals surface area contributed by atoms with E-state index in [9.17, 15) is 9.59 Å². The summed E-state index contributed by atoms with van der Waals surface area (Å²) >= 11 is 0. The molecule has 1 saturated heterocycles. The Morgan fingerprint density at radius 1 is 1.48 bits per heavy atom. The van der Waals surface area contributed by atoms with Crippen LogP contribution < -0.4 is 20.9 Å². The molecule has 2 aromatic rings. The van der Waals surface area contributed by atoms with Crippen molar-refractivity contribution in [2.24, 2.45) is 7.05 Å². The molecule has 3 N–H and O–H groups in total. The summed E-state index contributed by atoms with van der Waals surface area (Å²) in [4.78, 5) is 35.7. The largest absolute Gasteiger partial charge is 0.346 e. The first-order chi connectivity index (χ1) is 14.0. The zero-order chi connectivity index (χ0) is 20.4. The minimum atomic E-state index is -0.217. The van der Waals surface area contributed by atoms with Gasteiger partial charge in [-0.15, -0.1) is 0 Å². The monoisotopic (exact) mass is 396 g/mol. The number of ketones is 1. The van der Waals surface area contributed by atoms with Gasteiger partial charge in [0.1, 0.15) is 11.4 Å². The molecular formula is C19H24N8O2. The zero-order valence-electron chi connectivity index (χ0n) is 16.3. The first kappa shape index (κ1) is 19.1. The van der Waals surface area contributed by atoms with E-state index >= 15 is 0 Å². The van der Waals surface area contributed by atoms with Gasteiger partial charge in [0.15, 0.2) is 5.78 Å².